The van der Waals surface area contributed by atoms with Crippen LogP contribution in [0.3, 0.4) is 0 Å². The molecule has 5 rings (SSSR count). The van der Waals surface area contributed by atoms with Crippen molar-refractivity contribution in [2.24, 2.45) is 0 Å². The molecule has 0 saturated carbocycles. The van der Waals surface area contributed by atoms with Gasteiger partial charge in [-0.1, -0.05) is 36.4 Å². The molecule has 13 heteroatoms. The number of nitriles is 1. The van der Waals surface area contributed by atoms with E-state index in [4.69, 9.17) is 4.55 Å². The van der Waals surface area contributed by atoms with Gasteiger partial charge in [-0.25, -0.2) is 13.4 Å². The number of thiophene rings is 1. The minimum absolute atomic E-state index is 0.196. The van der Waals surface area contributed by atoms with Crippen LogP contribution in [0.1, 0.15) is 22.4 Å². The van der Waals surface area contributed by atoms with Crippen LogP contribution in [0.15, 0.2) is 82.8 Å². The van der Waals surface area contributed by atoms with Crippen LogP contribution in [0.5, 0.6) is 0 Å². The molecule has 0 aliphatic carbocycles. The van der Waals surface area contributed by atoms with E-state index in [1.807, 2.05) is 36.4 Å². The monoisotopic (exact) mass is 585 g/mol. The summed E-state index contributed by atoms with van der Waals surface area (Å²) in [6.07, 6.45) is 4.71. The number of hydrogen-bond donors (Lipinski definition) is 2. The Morgan fingerprint density at radius 3 is 2.49 bits per heavy atom. The highest BCUT2D eigenvalue weighted by Gasteiger charge is 2.37. The maximum absolute atomic E-state index is 13.8. The highest BCUT2D eigenvalue weighted by atomic mass is 32.2. The second kappa shape index (κ2) is 12.1. The SMILES string of the molecule is CS(=O)(=O)O.N#Cc1ccc2c(c1)CN(S(=O)(=O)c1cccs1)C(Cc1ccccc1)CN2Cc1cnc[nH]1. The normalized spacial score (nSPS) is 15.9. The largest absolute Gasteiger partial charge is 0.364 e. The number of aromatic nitrogens is 2. The van der Waals surface area contributed by atoms with Crippen LogP contribution in [0.25, 0.3) is 0 Å². The lowest BCUT2D eigenvalue weighted by molar-refractivity contribution is 0.318. The second-order valence-electron chi connectivity index (χ2n) is 8.97. The number of aromatic amines is 1. The molecule has 0 bridgehead atoms. The zero-order valence-electron chi connectivity index (χ0n) is 21.0. The Morgan fingerprint density at radius 1 is 1.13 bits per heavy atom. The molecule has 0 radical (unpaired) electrons. The van der Waals surface area contributed by atoms with Crippen LogP contribution in [0, 0.1) is 11.3 Å². The summed E-state index contributed by atoms with van der Waals surface area (Å²) in [5.74, 6) is 0. The van der Waals surface area contributed by atoms with Crippen LogP contribution < -0.4 is 4.90 Å². The van der Waals surface area contributed by atoms with Gasteiger partial charge in [-0.05, 0) is 47.2 Å². The molecule has 2 aromatic heterocycles. The molecular weight excluding hydrogens is 559 g/mol. The maximum atomic E-state index is 13.8. The van der Waals surface area contributed by atoms with Crippen LogP contribution in [0.4, 0.5) is 5.69 Å². The first kappa shape index (κ1) is 28.5. The van der Waals surface area contributed by atoms with Gasteiger partial charge in [0, 0.05) is 31.0 Å². The van der Waals surface area contributed by atoms with Crippen LogP contribution in [-0.2, 0) is 39.7 Å². The van der Waals surface area contributed by atoms with Crippen LogP contribution in [0.2, 0.25) is 0 Å². The highest BCUT2D eigenvalue weighted by molar-refractivity contribution is 7.91. The van der Waals surface area contributed by atoms with Gasteiger partial charge < -0.3 is 9.88 Å². The predicted molar refractivity (Wildman–Crippen MR) is 149 cm³/mol. The van der Waals surface area contributed by atoms with Gasteiger partial charge in [-0.3, -0.25) is 4.55 Å². The smallest absolute Gasteiger partial charge is 0.261 e. The highest BCUT2D eigenvalue weighted by Crippen LogP contribution is 2.34. The number of nitrogens with zero attached hydrogens (tertiary/aromatic N) is 4. The van der Waals surface area contributed by atoms with E-state index in [-0.39, 0.29) is 12.6 Å². The molecule has 2 N–H and O–H groups in total. The summed E-state index contributed by atoms with van der Waals surface area (Å²) in [5, 5.41) is 11.3. The Balaban J connectivity index is 0.000000648. The van der Waals surface area contributed by atoms with Crippen molar-refractivity contribution in [1.82, 2.24) is 14.3 Å². The van der Waals surface area contributed by atoms with Crippen LogP contribution in [-0.4, -0.2) is 54.5 Å². The van der Waals surface area contributed by atoms with E-state index in [0.29, 0.717) is 35.5 Å². The van der Waals surface area contributed by atoms with Gasteiger partial charge in [0.25, 0.3) is 20.1 Å². The fourth-order valence-corrected chi connectivity index (χ4v) is 7.13. The van der Waals surface area contributed by atoms with E-state index in [1.165, 1.54) is 11.3 Å². The molecule has 1 aliphatic rings. The maximum Gasteiger partial charge on any atom is 0.261 e. The molecule has 0 amide bonds. The average Bonchev–Trinajstić information content (AvgIpc) is 3.59. The first-order valence-electron chi connectivity index (χ1n) is 11.8. The number of anilines is 1. The summed E-state index contributed by atoms with van der Waals surface area (Å²) in [6.45, 7) is 1.25. The minimum Gasteiger partial charge on any atom is -0.364 e. The average molecular weight is 586 g/mol. The molecule has 39 heavy (non-hydrogen) atoms. The molecule has 4 aromatic rings. The fraction of sp³-hybridized carbons (Fsp3) is 0.231. The van der Waals surface area contributed by atoms with Crippen molar-refractivity contribution in [3.05, 3.63) is 101 Å². The summed E-state index contributed by atoms with van der Waals surface area (Å²) >= 11 is 1.22. The van der Waals surface area contributed by atoms with E-state index in [1.54, 1.807) is 46.5 Å². The Hall–Kier alpha value is -3.54. The van der Waals surface area contributed by atoms with Crippen molar-refractivity contribution in [2.75, 3.05) is 17.7 Å². The lowest BCUT2D eigenvalue weighted by Gasteiger charge is -2.31. The molecule has 1 aliphatic heterocycles. The summed E-state index contributed by atoms with van der Waals surface area (Å²) in [6, 6.07) is 20.8. The number of imidazole rings is 1. The second-order valence-corrected chi connectivity index (χ2v) is 13.5. The Labute approximate surface area is 232 Å². The van der Waals surface area contributed by atoms with Gasteiger partial charge >= 0.3 is 0 Å². The van der Waals surface area contributed by atoms with Crippen molar-refractivity contribution in [3.8, 4) is 6.07 Å². The van der Waals surface area contributed by atoms with Crippen molar-refractivity contribution in [2.45, 2.75) is 29.8 Å². The Morgan fingerprint density at radius 2 is 1.87 bits per heavy atom. The third-order valence-electron chi connectivity index (χ3n) is 6.00. The van der Waals surface area contributed by atoms with E-state index in [9.17, 15) is 22.1 Å². The summed E-state index contributed by atoms with van der Waals surface area (Å²) < 4.78 is 55.5. The fourth-order valence-electron chi connectivity index (χ4n) is 4.42. The van der Waals surface area contributed by atoms with Gasteiger partial charge in [0.05, 0.1) is 36.5 Å². The lowest BCUT2D eigenvalue weighted by atomic mass is 10.1. The standard InChI is InChI=1S/C25H23N5O2S2.CH4O3S/c26-13-20-8-9-24-21(11-20)15-30(34(31,32)25-7-4-10-33-25)23(12-19-5-2-1-3-6-19)17-29(24)16-22-14-27-18-28-22;1-5(2,3)4/h1-11,14,18,23H,12,15-17H2,(H,27,28);1H3,(H,2,3,4). The van der Waals surface area contributed by atoms with Gasteiger partial charge in [-0.2, -0.15) is 18.0 Å². The van der Waals surface area contributed by atoms with Gasteiger partial charge in [0.2, 0.25) is 0 Å². The molecule has 204 valence electrons. The number of rotatable bonds is 6. The van der Waals surface area contributed by atoms with Gasteiger partial charge in [-0.15, -0.1) is 11.3 Å². The number of benzene rings is 2. The number of H-pyrrole nitrogens is 1. The molecule has 1 atom stereocenters. The van der Waals surface area contributed by atoms with Gasteiger partial charge in [0.1, 0.15) is 4.21 Å². The van der Waals surface area contributed by atoms with E-state index >= 15 is 0 Å². The Bertz CT molecular complexity index is 1630. The number of sulfonamides is 1. The summed E-state index contributed by atoms with van der Waals surface area (Å²) in [5.41, 5.74) is 4.26. The molecule has 10 nitrogen and oxygen atoms in total. The Kier molecular flexibility index (Phi) is 8.83. The number of hydrogen-bond acceptors (Lipinski definition) is 8. The van der Waals surface area contributed by atoms with Crippen molar-refractivity contribution >= 4 is 37.2 Å². The minimum atomic E-state index is -3.74. The molecule has 2 aromatic carbocycles. The van der Waals surface area contributed by atoms with Crippen molar-refractivity contribution in [3.63, 3.8) is 0 Å². The third-order valence-corrected chi connectivity index (χ3v) is 9.27. The zero-order valence-corrected chi connectivity index (χ0v) is 23.5. The topological polar surface area (TPSA) is 147 Å². The number of nitrogens with one attached hydrogen (secondary N) is 1. The van der Waals surface area contributed by atoms with E-state index in [2.05, 4.69) is 20.9 Å². The number of fused-ring (bicyclic) bond motifs is 1. The van der Waals surface area contributed by atoms with Crippen molar-refractivity contribution < 1.29 is 21.4 Å². The van der Waals surface area contributed by atoms with E-state index in [0.717, 1.165) is 22.5 Å². The lowest BCUT2D eigenvalue weighted by Crippen LogP contribution is -2.45. The third kappa shape index (κ3) is 7.53. The van der Waals surface area contributed by atoms with Crippen molar-refractivity contribution in [1.29, 1.82) is 5.26 Å². The quantitative estimate of drug-likeness (QED) is 0.326. The molecule has 0 saturated heterocycles. The molecule has 1 unspecified atom stereocenters. The zero-order chi connectivity index (χ0) is 28.0. The van der Waals surface area contributed by atoms with Crippen LogP contribution >= 0.6 is 11.3 Å². The first-order valence-corrected chi connectivity index (χ1v) is 16.0. The molecule has 0 spiro atoms. The summed E-state index contributed by atoms with van der Waals surface area (Å²) in [7, 11) is -7.40. The molecule has 0 fully saturated rings. The van der Waals surface area contributed by atoms with E-state index < -0.39 is 20.1 Å². The summed E-state index contributed by atoms with van der Waals surface area (Å²) in [4.78, 5) is 9.47. The van der Waals surface area contributed by atoms with Gasteiger partial charge in [0.15, 0.2) is 0 Å². The molecule has 3 heterocycles. The first-order chi connectivity index (χ1) is 18.5. The predicted octanol–water partition coefficient (Wildman–Crippen LogP) is 3.67. The molecular formula is C26H27N5O5S3.